The molecule has 0 bridgehead atoms. The Morgan fingerprint density at radius 1 is 0.535 bits per heavy atom. The topological polar surface area (TPSA) is 57.0 Å². The Morgan fingerprint density at radius 2 is 1.33 bits per heavy atom. The summed E-state index contributed by atoms with van der Waals surface area (Å²) in [6.07, 6.45) is 1.84. The van der Waals surface area contributed by atoms with Gasteiger partial charge in [0.15, 0.2) is 0 Å². The smallest absolute Gasteiger partial charge is 0.246 e. The second-order valence-corrected chi connectivity index (χ2v) is 11.0. The molecular formula is C38H21N3O2. The van der Waals surface area contributed by atoms with Gasteiger partial charge in [-0.05, 0) is 53.2 Å². The Morgan fingerprint density at radius 3 is 2.23 bits per heavy atom. The molecule has 0 aliphatic rings. The van der Waals surface area contributed by atoms with Crippen molar-refractivity contribution < 1.29 is 8.83 Å². The largest absolute Gasteiger partial charge is 0.455 e. The van der Waals surface area contributed by atoms with Crippen molar-refractivity contribution in [2.45, 2.75) is 0 Å². The van der Waals surface area contributed by atoms with Crippen LogP contribution < -0.4 is 0 Å². The van der Waals surface area contributed by atoms with E-state index < -0.39 is 0 Å². The number of fused-ring (bicyclic) bond motifs is 12. The maximum atomic E-state index is 6.44. The Balaban J connectivity index is 1.13. The molecule has 0 spiro atoms. The van der Waals surface area contributed by atoms with E-state index in [0.29, 0.717) is 5.71 Å². The van der Waals surface area contributed by atoms with Crippen LogP contribution in [0.25, 0.3) is 93.7 Å². The van der Waals surface area contributed by atoms with Gasteiger partial charge in [-0.15, -0.1) is 0 Å². The first-order chi connectivity index (χ1) is 21.3. The molecule has 4 aromatic heterocycles. The molecule has 0 amide bonds. The summed E-state index contributed by atoms with van der Waals surface area (Å²) in [4.78, 5) is 9.71. The highest BCUT2D eigenvalue weighted by molar-refractivity contribution is 6.24. The van der Waals surface area contributed by atoms with Crippen molar-refractivity contribution in [3.05, 3.63) is 128 Å². The lowest BCUT2D eigenvalue weighted by Gasteiger charge is -2.09. The van der Waals surface area contributed by atoms with Gasteiger partial charge in [0.2, 0.25) is 5.71 Å². The van der Waals surface area contributed by atoms with Crippen LogP contribution in [0.2, 0.25) is 0 Å². The second kappa shape index (κ2) is 8.30. The lowest BCUT2D eigenvalue weighted by atomic mass is 10.1. The summed E-state index contributed by atoms with van der Waals surface area (Å²) in [6.45, 7) is 0. The summed E-state index contributed by atoms with van der Waals surface area (Å²) in [7, 11) is 0. The monoisotopic (exact) mass is 551 g/mol. The van der Waals surface area contributed by atoms with Gasteiger partial charge >= 0.3 is 0 Å². The van der Waals surface area contributed by atoms with Crippen molar-refractivity contribution in [1.29, 1.82) is 0 Å². The molecule has 0 saturated carbocycles. The fourth-order valence-corrected chi connectivity index (χ4v) is 6.73. The SMILES string of the molecule is c1ccc2c(c1)ccc1oc3nc(-c4ccc(-n5c6ccccc6c6c7oc8ccccc8c7ccc65)cc4)cnc3c12. The normalized spacial score (nSPS) is 12.2. The highest BCUT2D eigenvalue weighted by atomic mass is 16.3. The quantitative estimate of drug-likeness (QED) is 0.214. The van der Waals surface area contributed by atoms with Crippen molar-refractivity contribution in [2.24, 2.45) is 0 Å². The summed E-state index contributed by atoms with van der Waals surface area (Å²) in [6, 6.07) is 42.0. The zero-order valence-electron chi connectivity index (χ0n) is 22.8. The Kier molecular flexibility index (Phi) is 4.39. The highest BCUT2D eigenvalue weighted by Gasteiger charge is 2.19. The first-order valence-electron chi connectivity index (χ1n) is 14.3. The number of hydrogen-bond donors (Lipinski definition) is 0. The van der Waals surface area contributed by atoms with Crippen LogP contribution in [-0.4, -0.2) is 14.5 Å². The predicted molar refractivity (Wildman–Crippen MR) is 174 cm³/mol. The van der Waals surface area contributed by atoms with E-state index >= 15 is 0 Å². The van der Waals surface area contributed by atoms with E-state index in [-0.39, 0.29) is 0 Å². The van der Waals surface area contributed by atoms with Gasteiger partial charge in [0.1, 0.15) is 22.3 Å². The van der Waals surface area contributed by atoms with Crippen molar-refractivity contribution in [3.63, 3.8) is 0 Å². The van der Waals surface area contributed by atoms with Gasteiger partial charge in [-0.1, -0.05) is 78.9 Å². The van der Waals surface area contributed by atoms with Crippen molar-refractivity contribution in [1.82, 2.24) is 14.5 Å². The standard InChI is InChI=1S/C38H21N3O2/c1-2-8-25-22(7-1)15-20-33-35(25)36-38(43-33)40-29(21-39-36)23-13-16-24(17-14-23)41-30-11-5-3-10-28(30)34-31(41)19-18-27-26-9-4-6-12-32(26)42-37(27)34/h1-21H. The molecule has 0 unspecified atom stereocenters. The molecule has 0 aliphatic heterocycles. The molecule has 6 aromatic carbocycles. The average molecular weight is 552 g/mol. The van der Waals surface area contributed by atoms with Crippen LogP contribution in [0.5, 0.6) is 0 Å². The van der Waals surface area contributed by atoms with E-state index in [4.69, 9.17) is 18.8 Å². The van der Waals surface area contributed by atoms with Gasteiger partial charge < -0.3 is 13.4 Å². The Labute approximate surface area is 244 Å². The molecule has 0 fully saturated rings. The average Bonchev–Trinajstić information content (AvgIpc) is 3.74. The van der Waals surface area contributed by atoms with Crippen LogP contribution in [0.1, 0.15) is 0 Å². The van der Waals surface area contributed by atoms with Gasteiger partial charge in [-0.25, -0.2) is 9.97 Å². The summed E-state index contributed by atoms with van der Waals surface area (Å²) in [5.41, 5.74) is 9.01. The first kappa shape index (κ1) is 22.7. The lowest BCUT2D eigenvalue weighted by molar-refractivity contribution is 0.654. The molecule has 0 atom stereocenters. The van der Waals surface area contributed by atoms with E-state index in [9.17, 15) is 0 Å². The van der Waals surface area contributed by atoms with Crippen LogP contribution in [0, 0.1) is 0 Å². The first-order valence-corrected chi connectivity index (χ1v) is 14.3. The minimum atomic E-state index is 0.546. The van der Waals surface area contributed by atoms with Crippen molar-refractivity contribution in [2.75, 3.05) is 0 Å². The molecule has 10 aromatic rings. The third-order valence-corrected chi connectivity index (χ3v) is 8.68. The molecule has 0 saturated heterocycles. The van der Waals surface area contributed by atoms with Crippen LogP contribution >= 0.6 is 0 Å². The maximum Gasteiger partial charge on any atom is 0.246 e. The highest BCUT2D eigenvalue weighted by Crippen LogP contribution is 2.40. The fourth-order valence-electron chi connectivity index (χ4n) is 6.73. The number of aromatic nitrogens is 3. The molecule has 200 valence electrons. The van der Waals surface area contributed by atoms with Crippen molar-refractivity contribution >= 4 is 76.7 Å². The lowest BCUT2D eigenvalue weighted by Crippen LogP contribution is -1.94. The Hall–Kier alpha value is -5.94. The molecule has 0 N–H and O–H groups in total. The summed E-state index contributed by atoms with van der Waals surface area (Å²) in [5.74, 6) is 0. The summed E-state index contributed by atoms with van der Waals surface area (Å²) in [5, 5.41) is 7.85. The molecule has 0 radical (unpaired) electrons. The number of furan rings is 2. The molecule has 10 rings (SSSR count). The minimum absolute atomic E-state index is 0.546. The predicted octanol–water partition coefficient (Wildman–Crippen LogP) is 10.2. The zero-order valence-corrected chi connectivity index (χ0v) is 22.8. The minimum Gasteiger partial charge on any atom is -0.455 e. The van der Waals surface area contributed by atoms with Gasteiger partial charge in [0.25, 0.3) is 0 Å². The summed E-state index contributed by atoms with van der Waals surface area (Å²) >= 11 is 0. The molecule has 43 heavy (non-hydrogen) atoms. The molecule has 0 aliphatic carbocycles. The third-order valence-electron chi connectivity index (χ3n) is 8.68. The number of benzene rings is 6. The van der Waals surface area contributed by atoms with Crippen LogP contribution in [-0.2, 0) is 0 Å². The van der Waals surface area contributed by atoms with E-state index in [0.717, 1.165) is 82.6 Å². The Bertz CT molecular complexity index is 2730. The number of rotatable bonds is 2. The van der Waals surface area contributed by atoms with Crippen LogP contribution in [0.4, 0.5) is 0 Å². The van der Waals surface area contributed by atoms with Crippen molar-refractivity contribution in [3.8, 4) is 16.9 Å². The van der Waals surface area contributed by atoms with E-state index in [2.05, 4.69) is 95.6 Å². The van der Waals surface area contributed by atoms with Gasteiger partial charge in [-0.3, -0.25) is 0 Å². The number of nitrogens with zero attached hydrogens (tertiary/aromatic N) is 3. The molecular weight excluding hydrogens is 530 g/mol. The van der Waals surface area contributed by atoms with E-state index in [1.54, 1.807) is 0 Å². The summed E-state index contributed by atoms with van der Waals surface area (Å²) < 4.78 is 14.9. The second-order valence-electron chi connectivity index (χ2n) is 11.0. The van der Waals surface area contributed by atoms with E-state index in [1.807, 2.05) is 36.5 Å². The molecule has 5 nitrogen and oxygen atoms in total. The third kappa shape index (κ3) is 3.11. The molecule has 4 heterocycles. The van der Waals surface area contributed by atoms with Gasteiger partial charge in [0.05, 0.1) is 33.7 Å². The van der Waals surface area contributed by atoms with E-state index in [1.165, 1.54) is 5.39 Å². The number of hydrogen-bond acceptors (Lipinski definition) is 4. The fraction of sp³-hybridized carbons (Fsp3) is 0. The van der Waals surface area contributed by atoms with Gasteiger partial charge in [-0.2, -0.15) is 0 Å². The maximum absolute atomic E-state index is 6.44. The van der Waals surface area contributed by atoms with Gasteiger partial charge in [0, 0.05) is 27.4 Å². The zero-order chi connectivity index (χ0) is 28.1. The number of para-hydroxylation sites is 2. The molecule has 5 heteroatoms. The van der Waals surface area contributed by atoms with Crippen LogP contribution in [0.15, 0.2) is 136 Å². The van der Waals surface area contributed by atoms with Crippen LogP contribution in [0.3, 0.4) is 0 Å².